The van der Waals surface area contributed by atoms with Crippen molar-refractivity contribution in [3.63, 3.8) is 0 Å². The number of hydrogen-bond donors (Lipinski definition) is 2. The molecule has 4 heterocycles. The van der Waals surface area contributed by atoms with E-state index in [1.165, 1.54) is 0 Å². The zero-order valence-electron chi connectivity index (χ0n) is 16.5. The molecule has 1 fully saturated rings. The molecule has 0 amide bonds. The molecule has 1 aliphatic heterocycles. The third-order valence-corrected chi connectivity index (χ3v) is 5.23. The molecule has 3 aromatic heterocycles. The summed E-state index contributed by atoms with van der Waals surface area (Å²) in [5.74, 6) is 0.970. The Morgan fingerprint density at radius 2 is 2.17 bits per heavy atom. The summed E-state index contributed by atoms with van der Waals surface area (Å²) < 4.78 is 0. The molecular weight excluding hydrogens is 362 g/mol. The predicted octanol–water partition coefficient (Wildman–Crippen LogP) is 3.57. The van der Waals surface area contributed by atoms with Crippen LogP contribution in [0.4, 0.5) is 5.82 Å². The Morgan fingerprint density at radius 3 is 2.97 bits per heavy atom. The standard InChI is InChI=1S/C22H25N7/c1-15(5-4-10-24-2)19-13-17-20(14-25-19)27-28-22(17)18-6-3-7-21(26-18)29-11-8-16(23)9-12-29/h3-7,10,13-14,16H,2,8-9,11-12,23H2,1H3,(H,27,28)/b10-4-,15-5+. The molecule has 0 atom stereocenters. The van der Waals surface area contributed by atoms with Crippen LogP contribution >= 0.6 is 0 Å². The topological polar surface area (TPSA) is 96.1 Å². The lowest BCUT2D eigenvalue weighted by Crippen LogP contribution is -2.40. The Labute approximate surface area is 170 Å². The first kappa shape index (κ1) is 19.0. The highest BCUT2D eigenvalue weighted by atomic mass is 15.2. The minimum Gasteiger partial charge on any atom is -0.356 e. The third kappa shape index (κ3) is 4.09. The van der Waals surface area contributed by atoms with Gasteiger partial charge in [0.05, 0.1) is 23.1 Å². The number of rotatable bonds is 5. The molecule has 1 aliphatic rings. The fourth-order valence-electron chi connectivity index (χ4n) is 3.52. The fraction of sp³-hybridized carbons (Fsp3) is 0.273. The number of anilines is 1. The number of pyridine rings is 2. The van der Waals surface area contributed by atoms with Crippen molar-refractivity contribution >= 4 is 29.0 Å². The van der Waals surface area contributed by atoms with Crippen LogP contribution < -0.4 is 10.6 Å². The van der Waals surface area contributed by atoms with E-state index in [0.29, 0.717) is 6.04 Å². The maximum atomic E-state index is 6.04. The molecule has 7 nitrogen and oxygen atoms in total. The van der Waals surface area contributed by atoms with Gasteiger partial charge in [0.15, 0.2) is 0 Å². The number of H-pyrrole nitrogens is 1. The second kappa shape index (κ2) is 8.36. The molecular formula is C22H25N7. The van der Waals surface area contributed by atoms with Gasteiger partial charge in [0, 0.05) is 30.7 Å². The summed E-state index contributed by atoms with van der Waals surface area (Å²) in [6, 6.07) is 8.42. The molecule has 3 aromatic rings. The van der Waals surface area contributed by atoms with E-state index in [-0.39, 0.29) is 0 Å². The molecule has 0 radical (unpaired) electrons. The Kier molecular flexibility index (Phi) is 5.48. The van der Waals surface area contributed by atoms with Gasteiger partial charge in [0.2, 0.25) is 0 Å². The van der Waals surface area contributed by atoms with Gasteiger partial charge in [-0.05, 0) is 56.3 Å². The molecule has 0 aromatic carbocycles. The highest BCUT2D eigenvalue weighted by molar-refractivity contribution is 5.93. The van der Waals surface area contributed by atoms with Crippen molar-refractivity contribution in [2.45, 2.75) is 25.8 Å². The lowest BCUT2D eigenvalue weighted by molar-refractivity contribution is 0.499. The molecule has 0 bridgehead atoms. The quantitative estimate of drug-likeness (QED) is 0.515. The largest absolute Gasteiger partial charge is 0.356 e. The van der Waals surface area contributed by atoms with Crippen molar-refractivity contribution in [3.8, 4) is 11.4 Å². The van der Waals surface area contributed by atoms with Crippen LogP contribution in [0.2, 0.25) is 0 Å². The number of fused-ring (bicyclic) bond motifs is 1. The van der Waals surface area contributed by atoms with Crippen molar-refractivity contribution in [2.24, 2.45) is 10.7 Å². The Morgan fingerprint density at radius 1 is 1.34 bits per heavy atom. The van der Waals surface area contributed by atoms with Crippen LogP contribution in [0.15, 0.2) is 53.8 Å². The number of aromatic nitrogens is 4. The number of allylic oxidation sites excluding steroid dienone is 3. The number of aliphatic imine (C=N–C) groups is 1. The maximum Gasteiger partial charge on any atom is 0.129 e. The van der Waals surface area contributed by atoms with E-state index in [1.807, 2.05) is 43.5 Å². The molecule has 29 heavy (non-hydrogen) atoms. The van der Waals surface area contributed by atoms with Crippen molar-refractivity contribution in [2.75, 3.05) is 18.0 Å². The Bertz CT molecular complexity index is 1070. The highest BCUT2D eigenvalue weighted by Gasteiger charge is 2.18. The van der Waals surface area contributed by atoms with Gasteiger partial charge in [-0.15, -0.1) is 0 Å². The van der Waals surface area contributed by atoms with Crippen molar-refractivity contribution in [1.29, 1.82) is 0 Å². The van der Waals surface area contributed by atoms with Crippen molar-refractivity contribution < 1.29 is 0 Å². The van der Waals surface area contributed by atoms with Gasteiger partial charge in [-0.1, -0.05) is 12.1 Å². The van der Waals surface area contributed by atoms with Crippen LogP contribution in [-0.2, 0) is 0 Å². The normalized spacial score (nSPS) is 16.1. The highest BCUT2D eigenvalue weighted by Crippen LogP contribution is 2.28. The van der Waals surface area contributed by atoms with E-state index in [9.17, 15) is 0 Å². The van der Waals surface area contributed by atoms with Gasteiger partial charge in [0.25, 0.3) is 0 Å². The molecule has 3 N–H and O–H groups in total. The maximum absolute atomic E-state index is 6.04. The van der Waals surface area contributed by atoms with Gasteiger partial charge in [-0.25, -0.2) is 4.98 Å². The zero-order chi connectivity index (χ0) is 20.2. The minimum atomic E-state index is 0.295. The Balaban J connectivity index is 1.68. The van der Waals surface area contributed by atoms with E-state index >= 15 is 0 Å². The lowest BCUT2D eigenvalue weighted by Gasteiger charge is -2.31. The van der Waals surface area contributed by atoms with Crippen LogP contribution in [-0.4, -0.2) is 46.0 Å². The second-order valence-electron chi connectivity index (χ2n) is 7.27. The number of nitrogens with zero attached hydrogens (tertiary/aromatic N) is 5. The number of hydrogen-bond acceptors (Lipinski definition) is 6. The average molecular weight is 387 g/mol. The van der Waals surface area contributed by atoms with Gasteiger partial charge >= 0.3 is 0 Å². The lowest BCUT2D eigenvalue weighted by atomic mass is 10.1. The average Bonchev–Trinajstić information content (AvgIpc) is 3.18. The van der Waals surface area contributed by atoms with E-state index in [1.54, 1.807) is 6.20 Å². The second-order valence-corrected chi connectivity index (χ2v) is 7.27. The summed E-state index contributed by atoms with van der Waals surface area (Å²) in [5, 5.41) is 8.59. The Hall–Kier alpha value is -3.32. The smallest absolute Gasteiger partial charge is 0.129 e. The molecule has 0 unspecified atom stereocenters. The molecule has 7 heteroatoms. The number of aromatic amines is 1. The van der Waals surface area contributed by atoms with Crippen LogP contribution in [0.5, 0.6) is 0 Å². The van der Waals surface area contributed by atoms with Gasteiger partial charge in [-0.2, -0.15) is 5.10 Å². The van der Waals surface area contributed by atoms with Crippen molar-refractivity contribution in [1.82, 2.24) is 20.2 Å². The summed E-state index contributed by atoms with van der Waals surface area (Å²) in [6.07, 6.45) is 9.25. The van der Waals surface area contributed by atoms with E-state index < -0.39 is 0 Å². The summed E-state index contributed by atoms with van der Waals surface area (Å²) >= 11 is 0. The summed E-state index contributed by atoms with van der Waals surface area (Å²) in [6.45, 7) is 7.33. The molecule has 148 valence electrons. The molecule has 0 saturated carbocycles. The van der Waals surface area contributed by atoms with Crippen LogP contribution in [0.25, 0.3) is 27.9 Å². The molecule has 1 saturated heterocycles. The van der Waals surface area contributed by atoms with E-state index in [2.05, 4.69) is 37.9 Å². The van der Waals surface area contributed by atoms with Gasteiger partial charge < -0.3 is 10.6 Å². The van der Waals surface area contributed by atoms with Crippen LogP contribution in [0.1, 0.15) is 25.5 Å². The van der Waals surface area contributed by atoms with Crippen molar-refractivity contribution in [3.05, 3.63) is 54.5 Å². The summed E-state index contributed by atoms with van der Waals surface area (Å²) in [7, 11) is 0. The fourth-order valence-corrected chi connectivity index (χ4v) is 3.52. The minimum absolute atomic E-state index is 0.295. The SMILES string of the molecule is C=N/C=C\C=C(/C)c1cc2c(-c3cccc(N4CCC(N)CC4)n3)n[nH]c2cn1. The molecule has 4 rings (SSSR count). The third-order valence-electron chi connectivity index (χ3n) is 5.23. The monoisotopic (exact) mass is 387 g/mol. The number of nitrogens with two attached hydrogens (primary N) is 1. The first-order chi connectivity index (χ1) is 14.2. The number of nitrogens with one attached hydrogen (secondary N) is 1. The van der Waals surface area contributed by atoms with E-state index in [0.717, 1.165) is 65.3 Å². The van der Waals surface area contributed by atoms with E-state index in [4.69, 9.17) is 10.7 Å². The van der Waals surface area contributed by atoms with Gasteiger partial charge in [0.1, 0.15) is 11.5 Å². The van der Waals surface area contributed by atoms with Gasteiger partial charge in [-0.3, -0.25) is 15.1 Å². The first-order valence-electron chi connectivity index (χ1n) is 9.77. The first-order valence-corrected chi connectivity index (χ1v) is 9.77. The molecule has 0 aliphatic carbocycles. The van der Waals surface area contributed by atoms with Crippen LogP contribution in [0.3, 0.4) is 0 Å². The zero-order valence-corrected chi connectivity index (χ0v) is 16.5. The van der Waals surface area contributed by atoms with Crippen LogP contribution in [0, 0.1) is 0 Å². The number of piperidine rings is 1. The predicted molar refractivity (Wildman–Crippen MR) is 119 cm³/mol. The molecule has 0 spiro atoms. The summed E-state index contributed by atoms with van der Waals surface area (Å²) in [4.78, 5) is 15.4. The summed E-state index contributed by atoms with van der Waals surface area (Å²) in [5.41, 5.74) is 10.5.